The minimum Gasteiger partial charge on any atom is -0.338 e. The van der Waals surface area contributed by atoms with Crippen molar-refractivity contribution in [3.05, 3.63) is 33.8 Å². The lowest BCUT2D eigenvalue weighted by Crippen LogP contribution is -2.29. The van der Waals surface area contributed by atoms with Gasteiger partial charge in [0, 0.05) is 23.1 Å². The summed E-state index contributed by atoms with van der Waals surface area (Å²) < 4.78 is 1.02. The number of likely N-dealkylation sites (tertiary alicyclic amines) is 1. The van der Waals surface area contributed by atoms with Crippen molar-refractivity contribution in [1.82, 2.24) is 4.90 Å². The van der Waals surface area contributed by atoms with E-state index < -0.39 is 0 Å². The first-order valence-corrected chi connectivity index (χ1v) is 7.50. The van der Waals surface area contributed by atoms with Crippen molar-refractivity contribution in [3.63, 3.8) is 0 Å². The van der Waals surface area contributed by atoms with Gasteiger partial charge in [-0.2, -0.15) is 0 Å². The number of carbonyl (C=O) groups is 1. The van der Waals surface area contributed by atoms with Gasteiger partial charge in [-0.1, -0.05) is 28.4 Å². The van der Waals surface area contributed by atoms with Crippen LogP contribution in [0.15, 0.2) is 22.7 Å². The molecule has 1 aliphatic carbocycles. The second-order valence-corrected chi connectivity index (χ2v) is 6.48. The molecule has 3 rings (SSSR count). The average Bonchev–Trinajstić information content (AvgIpc) is 2.92. The Balaban J connectivity index is 1.77. The van der Waals surface area contributed by atoms with Crippen LogP contribution in [0.25, 0.3) is 0 Å². The highest BCUT2D eigenvalue weighted by molar-refractivity contribution is 9.10. The minimum atomic E-state index is 0.199. The van der Waals surface area contributed by atoms with Gasteiger partial charge in [0.1, 0.15) is 0 Å². The highest BCUT2D eigenvalue weighted by Crippen LogP contribution is 2.38. The van der Waals surface area contributed by atoms with Crippen molar-refractivity contribution in [2.45, 2.75) is 26.2 Å². The number of hydrogen-bond acceptors (Lipinski definition) is 1. The molecule has 1 aliphatic heterocycles. The van der Waals surface area contributed by atoms with Crippen molar-refractivity contribution < 1.29 is 4.79 Å². The number of rotatable bonds is 1. The maximum absolute atomic E-state index is 12.4. The quantitative estimate of drug-likeness (QED) is 0.776. The molecule has 2 atom stereocenters. The van der Waals surface area contributed by atoms with Crippen molar-refractivity contribution in [1.29, 1.82) is 0 Å². The van der Waals surface area contributed by atoms with Gasteiger partial charge in [-0.15, -0.1) is 0 Å². The zero-order chi connectivity index (χ0) is 12.7. The third kappa shape index (κ3) is 2.09. The molecule has 0 N–H and O–H groups in total. The number of halogens is 1. The summed E-state index contributed by atoms with van der Waals surface area (Å²) in [7, 11) is 0. The van der Waals surface area contributed by atoms with Crippen LogP contribution in [0.3, 0.4) is 0 Å². The van der Waals surface area contributed by atoms with Crippen LogP contribution >= 0.6 is 15.9 Å². The fraction of sp³-hybridized carbons (Fsp3) is 0.533. The lowest BCUT2D eigenvalue weighted by molar-refractivity contribution is 0.0780. The Hall–Kier alpha value is -0.830. The van der Waals surface area contributed by atoms with Gasteiger partial charge < -0.3 is 4.90 Å². The van der Waals surface area contributed by atoms with Crippen LogP contribution < -0.4 is 0 Å². The van der Waals surface area contributed by atoms with E-state index in [2.05, 4.69) is 15.9 Å². The predicted molar refractivity (Wildman–Crippen MR) is 75.6 cm³/mol. The van der Waals surface area contributed by atoms with Gasteiger partial charge in [-0.05, 0) is 49.3 Å². The normalized spacial score (nSPS) is 26.4. The molecule has 2 unspecified atom stereocenters. The number of nitrogens with zero attached hydrogens (tertiary/aromatic N) is 1. The Morgan fingerprint density at radius 3 is 2.56 bits per heavy atom. The topological polar surface area (TPSA) is 20.3 Å². The smallest absolute Gasteiger partial charge is 0.253 e. The van der Waals surface area contributed by atoms with E-state index in [0.29, 0.717) is 0 Å². The Labute approximate surface area is 116 Å². The molecule has 2 aliphatic rings. The molecule has 0 bridgehead atoms. The summed E-state index contributed by atoms with van der Waals surface area (Å²) in [5, 5.41) is 0. The van der Waals surface area contributed by atoms with E-state index in [4.69, 9.17) is 0 Å². The standard InChI is InChI=1S/C15H18BrNO/c1-10-5-6-11(7-14(10)16)15(18)17-8-12-3-2-4-13(12)9-17/h5-7,12-13H,2-4,8-9H2,1H3. The molecule has 18 heavy (non-hydrogen) atoms. The average molecular weight is 308 g/mol. The summed E-state index contributed by atoms with van der Waals surface area (Å²) in [4.78, 5) is 14.5. The van der Waals surface area contributed by atoms with Crippen LogP contribution in [0.4, 0.5) is 0 Å². The van der Waals surface area contributed by atoms with E-state index in [1.807, 2.05) is 30.0 Å². The minimum absolute atomic E-state index is 0.199. The van der Waals surface area contributed by atoms with Gasteiger partial charge in [0.25, 0.3) is 5.91 Å². The van der Waals surface area contributed by atoms with Crippen molar-refractivity contribution >= 4 is 21.8 Å². The molecule has 1 heterocycles. The van der Waals surface area contributed by atoms with Crippen LogP contribution in [0, 0.1) is 18.8 Å². The summed E-state index contributed by atoms with van der Waals surface area (Å²) in [5.74, 6) is 1.73. The van der Waals surface area contributed by atoms with Crippen LogP contribution in [-0.2, 0) is 0 Å². The zero-order valence-corrected chi connectivity index (χ0v) is 12.2. The molecule has 1 aromatic rings. The number of benzene rings is 1. The Morgan fingerprint density at radius 2 is 1.94 bits per heavy atom. The molecule has 96 valence electrons. The van der Waals surface area contributed by atoms with Crippen LogP contribution in [0.5, 0.6) is 0 Å². The molecule has 0 spiro atoms. The number of carbonyl (C=O) groups excluding carboxylic acids is 1. The van der Waals surface area contributed by atoms with Gasteiger partial charge in [0.2, 0.25) is 0 Å². The third-order valence-corrected chi connectivity index (χ3v) is 5.29. The predicted octanol–water partition coefficient (Wildman–Crippen LogP) is 3.63. The van der Waals surface area contributed by atoms with Crippen molar-refractivity contribution in [3.8, 4) is 0 Å². The SMILES string of the molecule is Cc1ccc(C(=O)N2CC3CCCC3C2)cc1Br. The van der Waals surface area contributed by atoms with Crippen molar-refractivity contribution in [2.75, 3.05) is 13.1 Å². The number of amides is 1. The molecule has 1 amide bonds. The molecule has 1 aromatic carbocycles. The molecule has 3 heteroatoms. The number of hydrogen-bond donors (Lipinski definition) is 0. The van der Waals surface area contributed by atoms with Gasteiger partial charge in [0.05, 0.1) is 0 Å². The first kappa shape index (κ1) is 12.2. The Kier molecular flexibility index (Phi) is 3.18. The molecule has 1 saturated carbocycles. The van der Waals surface area contributed by atoms with Crippen LogP contribution in [0.1, 0.15) is 35.2 Å². The fourth-order valence-corrected chi connectivity index (χ4v) is 3.69. The Morgan fingerprint density at radius 1 is 1.28 bits per heavy atom. The second kappa shape index (κ2) is 4.69. The zero-order valence-electron chi connectivity index (χ0n) is 10.7. The fourth-order valence-electron chi connectivity index (χ4n) is 3.31. The molecule has 0 aromatic heterocycles. The molecule has 0 radical (unpaired) electrons. The lowest BCUT2D eigenvalue weighted by Gasteiger charge is -2.17. The number of fused-ring (bicyclic) bond motifs is 1. The van der Waals surface area contributed by atoms with E-state index in [1.54, 1.807) is 0 Å². The maximum atomic E-state index is 12.4. The molecule has 2 nitrogen and oxygen atoms in total. The van der Waals surface area contributed by atoms with Gasteiger partial charge in [-0.3, -0.25) is 4.79 Å². The van der Waals surface area contributed by atoms with E-state index in [9.17, 15) is 4.79 Å². The summed E-state index contributed by atoms with van der Waals surface area (Å²) in [6.45, 7) is 3.97. The summed E-state index contributed by atoms with van der Waals surface area (Å²) in [6.07, 6.45) is 3.98. The van der Waals surface area contributed by atoms with Gasteiger partial charge >= 0.3 is 0 Å². The van der Waals surface area contributed by atoms with Gasteiger partial charge in [-0.25, -0.2) is 0 Å². The third-order valence-electron chi connectivity index (χ3n) is 4.43. The lowest BCUT2D eigenvalue weighted by atomic mass is 10.0. The monoisotopic (exact) mass is 307 g/mol. The summed E-state index contributed by atoms with van der Waals surface area (Å²) in [6, 6.07) is 5.90. The highest BCUT2D eigenvalue weighted by Gasteiger charge is 2.38. The molecular formula is C15H18BrNO. The first-order valence-electron chi connectivity index (χ1n) is 6.70. The molecule has 1 saturated heterocycles. The highest BCUT2D eigenvalue weighted by atomic mass is 79.9. The first-order chi connectivity index (χ1) is 8.65. The van der Waals surface area contributed by atoms with E-state index in [1.165, 1.54) is 24.8 Å². The van der Waals surface area contributed by atoms with Crippen molar-refractivity contribution in [2.24, 2.45) is 11.8 Å². The van der Waals surface area contributed by atoms with E-state index in [-0.39, 0.29) is 5.91 Å². The van der Waals surface area contributed by atoms with Gasteiger partial charge in [0.15, 0.2) is 0 Å². The Bertz CT molecular complexity index is 473. The van der Waals surface area contributed by atoms with Crippen LogP contribution in [-0.4, -0.2) is 23.9 Å². The maximum Gasteiger partial charge on any atom is 0.253 e. The van der Waals surface area contributed by atoms with E-state index >= 15 is 0 Å². The second-order valence-electron chi connectivity index (χ2n) is 5.63. The molecule has 2 fully saturated rings. The largest absolute Gasteiger partial charge is 0.338 e. The summed E-state index contributed by atoms with van der Waals surface area (Å²) in [5.41, 5.74) is 1.98. The van der Waals surface area contributed by atoms with E-state index in [0.717, 1.165) is 35.0 Å². The molecular weight excluding hydrogens is 290 g/mol. The number of aryl methyl sites for hydroxylation is 1. The van der Waals surface area contributed by atoms with Crippen LogP contribution in [0.2, 0.25) is 0 Å². The summed E-state index contributed by atoms with van der Waals surface area (Å²) >= 11 is 3.50.